The fraction of sp³-hybridized carbons (Fsp3) is 0.415. The summed E-state index contributed by atoms with van der Waals surface area (Å²) in [5.74, 6) is 0. The van der Waals surface area contributed by atoms with Gasteiger partial charge in [0.25, 0.3) is 6.71 Å². The Labute approximate surface area is 523 Å². The molecule has 8 aromatic carbocycles. The van der Waals surface area contributed by atoms with Crippen molar-refractivity contribution < 1.29 is 4.11 Å². The van der Waals surface area contributed by atoms with E-state index in [2.05, 4.69) is 281 Å². The Morgan fingerprint density at radius 1 is 0.407 bits per heavy atom. The molecule has 2 heterocycles. The minimum atomic E-state index is -2.43. The van der Waals surface area contributed by atoms with Crippen LogP contribution < -0.4 is 31.1 Å². The van der Waals surface area contributed by atoms with E-state index in [1.165, 1.54) is 83.3 Å². The van der Waals surface area contributed by atoms with Gasteiger partial charge in [0.2, 0.25) is 0 Å². The number of hydrogen-bond acceptors (Lipinski definition) is 3. The van der Waals surface area contributed by atoms with E-state index in [9.17, 15) is 4.11 Å². The molecule has 3 aliphatic carbocycles. The molecule has 0 N–H and O–H groups in total. The van der Waals surface area contributed by atoms with Gasteiger partial charge in [0.15, 0.2) is 0 Å². The van der Waals surface area contributed by atoms with E-state index in [4.69, 9.17) is 0 Å². The van der Waals surface area contributed by atoms with Crippen molar-refractivity contribution in [2.75, 3.05) is 14.7 Å². The van der Waals surface area contributed by atoms with Crippen molar-refractivity contribution in [3.63, 3.8) is 0 Å². The second-order valence-electron chi connectivity index (χ2n) is 33.2. The highest BCUT2D eigenvalue weighted by molar-refractivity contribution is 7.00. The molecule has 2 aliphatic heterocycles. The van der Waals surface area contributed by atoms with E-state index >= 15 is 0 Å². The first-order chi connectivity index (χ1) is 41.2. The maximum absolute atomic E-state index is 9.51. The molecular formula is C82H96BN3. The van der Waals surface area contributed by atoms with Crippen LogP contribution in [0.5, 0.6) is 0 Å². The maximum Gasteiger partial charge on any atom is 0.252 e. The van der Waals surface area contributed by atoms with E-state index in [1.54, 1.807) is 0 Å². The number of hydrogen-bond donors (Lipinski definition) is 0. The summed E-state index contributed by atoms with van der Waals surface area (Å²) >= 11 is 0. The average Bonchev–Trinajstić information content (AvgIpc) is 0.885. The van der Waals surface area contributed by atoms with Gasteiger partial charge in [-0.05, 0) is 245 Å². The molecule has 8 aromatic rings. The third kappa shape index (κ3) is 9.00. The largest absolute Gasteiger partial charge is 0.311 e. The zero-order valence-electron chi connectivity index (χ0n) is 58.9. The number of aryl methyl sites for hydroxylation is 3. The minimum Gasteiger partial charge on any atom is -0.311 e. The molecule has 0 radical (unpaired) electrons. The van der Waals surface area contributed by atoms with Crippen molar-refractivity contribution in [2.45, 2.75) is 221 Å². The second kappa shape index (κ2) is 18.9. The molecule has 0 fully saturated rings. The molecule has 0 saturated carbocycles. The molecule has 4 heteroatoms. The van der Waals surface area contributed by atoms with Gasteiger partial charge in [0, 0.05) is 60.7 Å². The van der Waals surface area contributed by atoms with Gasteiger partial charge in [0.1, 0.15) is 0 Å². The molecule has 0 saturated heterocycles. The highest BCUT2D eigenvalue weighted by Gasteiger charge is 2.48. The van der Waals surface area contributed by atoms with Crippen molar-refractivity contribution in [1.29, 1.82) is 0 Å². The number of rotatable bonds is 5. The molecule has 0 spiro atoms. The summed E-state index contributed by atoms with van der Waals surface area (Å²) in [5.41, 5.74) is 29.7. The van der Waals surface area contributed by atoms with E-state index in [1.807, 2.05) is 12.1 Å². The lowest BCUT2D eigenvalue weighted by atomic mass is 9.33. The van der Waals surface area contributed by atoms with Crippen molar-refractivity contribution in [3.8, 4) is 11.1 Å². The van der Waals surface area contributed by atoms with Crippen LogP contribution in [0.1, 0.15) is 228 Å². The van der Waals surface area contributed by atoms with Crippen molar-refractivity contribution in [3.05, 3.63) is 200 Å². The standard InChI is InChI=1S/C82H96BN3/c1-49-39-72-74-73(40-49)86(56-27-31-60-63(45-56)79(15,16)36-35-78(60,13)14)71-48-65-64(80(17,18)37-38-81(65,19)20)47-67(71)83(74)66-32-28-57(84(68-33-24-52(41-50(68)2)75(4,5)6)69-34-25-53(42-51(69)3)76(7,8)9)46-70(66)85(72)55-26-30-59-58-29-23-54(77(10,11)12)43-61(58)82(21,22)62(59)44-55/h23-34,39-48H,35-38H2,1-22H3/i1D3. The third-order valence-electron chi connectivity index (χ3n) is 21.8. The summed E-state index contributed by atoms with van der Waals surface area (Å²) in [6.07, 6.45) is 4.38. The monoisotopic (exact) mass is 1140 g/mol. The van der Waals surface area contributed by atoms with Crippen LogP contribution in [-0.2, 0) is 43.3 Å². The number of fused-ring (bicyclic) bond motifs is 9. The predicted octanol–water partition coefficient (Wildman–Crippen LogP) is 21.1. The Morgan fingerprint density at radius 3 is 1.35 bits per heavy atom. The summed E-state index contributed by atoms with van der Waals surface area (Å²) in [6.45, 7) is 46.7. The predicted molar refractivity (Wildman–Crippen MR) is 374 cm³/mol. The van der Waals surface area contributed by atoms with E-state index < -0.39 is 6.85 Å². The summed E-state index contributed by atoms with van der Waals surface area (Å²) in [7, 11) is 0. The van der Waals surface area contributed by atoms with Crippen molar-refractivity contribution >= 4 is 74.3 Å². The number of anilines is 9. The summed E-state index contributed by atoms with van der Waals surface area (Å²) in [4.78, 5) is 7.46. The third-order valence-corrected chi connectivity index (χ3v) is 21.8. The molecule has 5 aliphatic rings. The van der Waals surface area contributed by atoms with Crippen LogP contribution in [-0.4, -0.2) is 6.71 Å². The lowest BCUT2D eigenvalue weighted by Gasteiger charge is -2.48. The average molecular weight is 1140 g/mol. The molecule has 442 valence electrons. The summed E-state index contributed by atoms with van der Waals surface area (Å²) in [5, 5.41) is 0. The summed E-state index contributed by atoms with van der Waals surface area (Å²) in [6, 6.07) is 52.1. The van der Waals surface area contributed by atoms with Crippen LogP contribution in [0.25, 0.3) is 11.1 Å². The van der Waals surface area contributed by atoms with Gasteiger partial charge in [-0.1, -0.05) is 198 Å². The SMILES string of the molecule is [2H]C([2H])([2H])c1cc2c3c(c1)N(c1ccc4c(c1)C(C)(C)CCC4(C)C)c1cc4c(cc1B3c1ccc(N(c3ccc(C(C)(C)C)cc3C)c3ccc(C(C)(C)C)cc3C)cc1N2c1ccc2c(c1)C(C)(C)c1cc(C(C)(C)C)ccc1-2)C(C)(C)CCC4(C)C. The fourth-order valence-electron chi connectivity index (χ4n) is 15.9. The van der Waals surface area contributed by atoms with Gasteiger partial charge in [0.05, 0.1) is 0 Å². The molecule has 13 rings (SSSR count). The Kier molecular flexibility index (Phi) is 12.0. The smallest absolute Gasteiger partial charge is 0.252 e. The normalized spacial score (nSPS) is 18.8. The topological polar surface area (TPSA) is 9.72 Å². The van der Waals surface area contributed by atoms with Crippen LogP contribution in [0.3, 0.4) is 0 Å². The molecule has 86 heavy (non-hydrogen) atoms. The van der Waals surface area contributed by atoms with Gasteiger partial charge in [-0.3, -0.25) is 0 Å². The molecule has 0 amide bonds. The van der Waals surface area contributed by atoms with Gasteiger partial charge in [-0.25, -0.2) is 0 Å². The Hall–Kier alpha value is -6.78. The highest BCUT2D eigenvalue weighted by Crippen LogP contribution is 2.56. The lowest BCUT2D eigenvalue weighted by Crippen LogP contribution is -2.62. The number of benzene rings is 8. The zero-order valence-corrected chi connectivity index (χ0v) is 55.9. The Bertz CT molecular complexity index is 4220. The van der Waals surface area contributed by atoms with Gasteiger partial charge < -0.3 is 14.7 Å². The van der Waals surface area contributed by atoms with Crippen LogP contribution in [0, 0.1) is 20.7 Å². The number of nitrogens with zero attached hydrogens (tertiary/aromatic N) is 3. The van der Waals surface area contributed by atoms with Crippen LogP contribution >= 0.6 is 0 Å². The Balaban J connectivity index is 1.15. The van der Waals surface area contributed by atoms with E-state index in [-0.39, 0.29) is 50.0 Å². The Morgan fingerprint density at radius 2 is 0.837 bits per heavy atom. The lowest BCUT2D eigenvalue weighted by molar-refractivity contribution is 0.332. The van der Waals surface area contributed by atoms with Crippen molar-refractivity contribution in [2.24, 2.45) is 0 Å². The molecule has 0 atom stereocenters. The minimum absolute atomic E-state index is 0.0123. The van der Waals surface area contributed by atoms with E-state index in [0.29, 0.717) is 5.56 Å². The van der Waals surface area contributed by atoms with Gasteiger partial charge >= 0.3 is 0 Å². The zero-order chi connectivity index (χ0) is 64.2. The fourth-order valence-corrected chi connectivity index (χ4v) is 15.9. The molecular weight excluding hydrogens is 1040 g/mol. The first kappa shape index (κ1) is 54.6. The molecule has 0 unspecified atom stereocenters. The van der Waals surface area contributed by atoms with Gasteiger partial charge in [-0.15, -0.1) is 0 Å². The molecule has 0 bridgehead atoms. The highest BCUT2D eigenvalue weighted by atomic mass is 15.2. The first-order valence-corrected chi connectivity index (χ1v) is 32.3. The van der Waals surface area contributed by atoms with Crippen LogP contribution in [0.15, 0.2) is 133 Å². The van der Waals surface area contributed by atoms with Crippen LogP contribution in [0.4, 0.5) is 51.2 Å². The van der Waals surface area contributed by atoms with Crippen LogP contribution in [0.2, 0.25) is 0 Å². The molecule has 3 nitrogen and oxygen atoms in total. The second-order valence-corrected chi connectivity index (χ2v) is 33.2. The van der Waals surface area contributed by atoms with Gasteiger partial charge in [-0.2, -0.15) is 0 Å². The first-order valence-electron chi connectivity index (χ1n) is 33.8. The quantitative estimate of drug-likeness (QED) is 0.159. The summed E-state index contributed by atoms with van der Waals surface area (Å²) < 4.78 is 28.5. The maximum atomic E-state index is 9.51. The molecule has 0 aromatic heterocycles. The van der Waals surface area contributed by atoms with Crippen molar-refractivity contribution in [1.82, 2.24) is 0 Å². The van der Waals surface area contributed by atoms with E-state index in [0.717, 1.165) is 82.3 Å².